The van der Waals surface area contributed by atoms with E-state index < -0.39 is 5.91 Å². The molecule has 2 rings (SSSR count). The van der Waals surface area contributed by atoms with Crippen molar-refractivity contribution in [2.24, 2.45) is 0 Å². The quantitative estimate of drug-likeness (QED) is 0.361. The van der Waals surface area contributed by atoms with Crippen molar-refractivity contribution in [1.82, 2.24) is 0 Å². The number of carbonyl (C=O) groups is 1. The minimum absolute atomic E-state index is 0.0491. The van der Waals surface area contributed by atoms with Gasteiger partial charge in [0, 0.05) is 3.57 Å². The molecular formula is C19H16ClIN2O3. The molecule has 5 nitrogen and oxygen atoms in total. The Morgan fingerprint density at radius 3 is 2.73 bits per heavy atom. The van der Waals surface area contributed by atoms with Gasteiger partial charge in [-0.05, 0) is 65.4 Å². The molecule has 0 spiro atoms. The smallest absolute Gasteiger partial charge is 0.266 e. The molecule has 0 aliphatic heterocycles. The van der Waals surface area contributed by atoms with Gasteiger partial charge in [-0.3, -0.25) is 4.79 Å². The van der Waals surface area contributed by atoms with Gasteiger partial charge in [-0.15, -0.1) is 0 Å². The van der Waals surface area contributed by atoms with Crippen molar-refractivity contribution in [2.75, 3.05) is 19.0 Å². The number of ether oxygens (including phenoxy) is 2. The van der Waals surface area contributed by atoms with Crippen molar-refractivity contribution in [1.29, 1.82) is 5.26 Å². The summed E-state index contributed by atoms with van der Waals surface area (Å²) in [4.78, 5) is 12.4. The van der Waals surface area contributed by atoms with Crippen molar-refractivity contribution in [2.45, 2.75) is 6.92 Å². The maximum absolute atomic E-state index is 12.4. The third kappa shape index (κ3) is 4.90. The number of hydrogen-bond donors (Lipinski definition) is 1. The SMILES string of the molecule is CCOc1c(Cl)cc(C=C(C#N)C(=O)Nc2ccccc2I)cc1OC. The number of nitrogens with one attached hydrogen (secondary N) is 1. The van der Waals surface area contributed by atoms with Gasteiger partial charge in [0.15, 0.2) is 11.5 Å². The predicted molar refractivity (Wildman–Crippen MR) is 111 cm³/mol. The van der Waals surface area contributed by atoms with Crippen molar-refractivity contribution >= 4 is 51.9 Å². The van der Waals surface area contributed by atoms with Gasteiger partial charge in [-0.1, -0.05) is 23.7 Å². The van der Waals surface area contributed by atoms with Crippen molar-refractivity contribution in [3.05, 3.63) is 56.1 Å². The number of anilines is 1. The number of methoxy groups -OCH3 is 1. The highest BCUT2D eigenvalue weighted by molar-refractivity contribution is 14.1. The van der Waals surface area contributed by atoms with E-state index in [1.165, 1.54) is 13.2 Å². The van der Waals surface area contributed by atoms with E-state index >= 15 is 0 Å². The number of halogens is 2. The summed E-state index contributed by atoms with van der Waals surface area (Å²) >= 11 is 8.34. The van der Waals surface area contributed by atoms with Gasteiger partial charge in [0.1, 0.15) is 11.6 Å². The Bertz CT molecular complexity index is 891. The van der Waals surface area contributed by atoms with E-state index in [1.54, 1.807) is 18.2 Å². The topological polar surface area (TPSA) is 71.3 Å². The first-order valence-electron chi connectivity index (χ1n) is 7.68. The van der Waals surface area contributed by atoms with E-state index in [0.717, 1.165) is 3.57 Å². The lowest BCUT2D eigenvalue weighted by Gasteiger charge is -2.12. The number of rotatable bonds is 6. The largest absolute Gasteiger partial charge is 0.493 e. The van der Waals surface area contributed by atoms with Crippen LogP contribution in [0.5, 0.6) is 11.5 Å². The minimum atomic E-state index is -0.499. The first-order chi connectivity index (χ1) is 12.5. The van der Waals surface area contributed by atoms with Crippen LogP contribution in [0.1, 0.15) is 12.5 Å². The zero-order valence-corrected chi connectivity index (χ0v) is 17.1. The molecule has 0 saturated heterocycles. The van der Waals surface area contributed by atoms with E-state index in [1.807, 2.05) is 31.2 Å². The van der Waals surface area contributed by atoms with Crippen LogP contribution in [0.3, 0.4) is 0 Å². The van der Waals surface area contributed by atoms with Crippen LogP contribution in [0.4, 0.5) is 5.69 Å². The molecule has 0 radical (unpaired) electrons. The maximum atomic E-state index is 12.4. The number of nitriles is 1. The molecule has 0 saturated carbocycles. The van der Waals surface area contributed by atoms with Gasteiger partial charge >= 0.3 is 0 Å². The molecule has 0 atom stereocenters. The highest BCUT2D eigenvalue weighted by Gasteiger charge is 2.14. The summed E-state index contributed by atoms with van der Waals surface area (Å²) in [7, 11) is 1.50. The van der Waals surface area contributed by atoms with E-state index in [0.29, 0.717) is 34.4 Å². The Kier molecular flexibility index (Phi) is 7.30. The molecule has 26 heavy (non-hydrogen) atoms. The summed E-state index contributed by atoms with van der Waals surface area (Å²) in [6, 6.07) is 12.5. The van der Waals surface area contributed by atoms with Crippen LogP contribution >= 0.6 is 34.2 Å². The van der Waals surface area contributed by atoms with Crippen molar-refractivity contribution in [3.8, 4) is 17.6 Å². The lowest BCUT2D eigenvalue weighted by molar-refractivity contribution is -0.112. The second-order valence-corrected chi connectivity index (χ2v) is 6.64. The van der Waals surface area contributed by atoms with E-state index in [9.17, 15) is 10.1 Å². The standard InChI is InChI=1S/C19H16ClIN2O3/c1-3-26-18-14(20)9-12(10-17(18)25-2)8-13(11-22)19(24)23-16-7-5-4-6-15(16)21/h4-10H,3H2,1-2H3,(H,23,24). The van der Waals surface area contributed by atoms with Crippen LogP contribution in [-0.4, -0.2) is 19.6 Å². The molecule has 2 aromatic rings. The third-order valence-electron chi connectivity index (χ3n) is 3.34. The Morgan fingerprint density at radius 2 is 2.12 bits per heavy atom. The minimum Gasteiger partial charge on any atom is -0.493 e. The fraction of sp³-hybridized carbons (Fsp3) is 0.158. The molecule has 0 bridgehead atoms. The highest BCUT2D eigenvalue weighted by Crippen LogP contribution is 2.37. The number of carbonyl (C=O) groups excluding carboxylic acids is 1. The zero-order chi connectivity index (χ0) is 19.1. The number of hydrogen-bond acceptors (Lipinski definition) is 4. The lowest BCUT2D eigenvalue weighted by atomic mass is 10.1. The Hall–Kier alpha value is -2.24. The summed E-state index contributed by atoms with van der Waals surface area (Å²) in [5.74, 6) is 0.358. The molecule has 1 N–H and O–H groups in total. The summed E-state index contributed by atoms with van der Waals surface area (Å²) in [5.41, 5.74) is 1.15. The Labute approximate surface area is 170 Å². The molecule has 2 aromatic carbocycles. The zero-order valence-electron chi connectivity index (χ0n) is 14.2. The molecule has 1 amide bonds. The molecule has 134 valence electrons. The van der Waals surface area contributed by atoms with E-state index in [2.05, 4.69) is 27.9 Å². The Morgan fingerprint density at radius 1 is 1.38 bits per heavy atom. The predicted octanol–water partition coefficient (Wildman–Crippen LogP) is 4.90. The molecule has 0 unspecified atom stereocenters. The fourth-order valence-electron chi connectivity index (χ4n) is 2.18. The third-order valence-corrected chi connectivity index (χ3v) is 4.56. The molecule has 0 aliphatic rings. The molecule has 0 aromatic heterocycles. The summed E-state index contributed by atoms with van der Waals surface area (Å²) in [6.07, 6.45) is 1.45. The summed E-state index contributed by atoms with van der Waals surface area (Å²) in [6.45, 7) is 2.28. The molecule has 0 aliphatic carbocycles. The second-order valence-electron chi connectivity index (χ2n) is 5.07. The van der Waals surface area contributed by atoms with Gasteiger partial charge in [0.05, 0.1) is 24.4 Å². The number of benzene rings is 2. The van der Waals surface area contributed by atoms with Gasteiger partial charge in [-0.25, -0.2) is 0 Å². The first-order valence-corrected chi connectivity index (χ1v) is 9.13. The average molecular weight is 483 g/mol. The molecular weight excluding hydrogens is 467 g/mol. The van der Waals surface area contributed by atoms with E-state index in [-0.39, 0.29) is 5.57 Å². The maximum Gasteiger partial charge on any atom is 0.266 e. The lowest BCUT2D eigenvalue weighted by Crippen LogP contribution is -2.14. The molecule has 0 heterocycles. The van der Waals surface area contributed by atoms with Crippen molar-refractivity contribution < 1.29 is 14.3 Å². The Balaban J connectivity index is 2.34. The number of amides is 1. The van der Waals surface area contributed by atoms with Gasteiger partial charge in [0.25, 0.3) is 5.91 Å². The van der Waals surface area contributed by atoms with Crippen LogP contribution < -0.4 is 14.8 Å². The van der Waals surface area contributed by atoms with Crippen LogP contribution in [-0.2, 0) is 4.79 Å². The second kappa shape index (κ2) is 9.46. The number of nitrogens with zero attached hydrogens (tertiary/aromatic N) is 1. The highest BCUT2D eigenvalue weighted by atomic mass is 127. The van der Waals surface area contributed by atoms with Crippen LogP contribution in [0, 0.1) is 14.9 Å². The van der Waals surface area contributed by atoms with Gasteiger partial charge in [0.2, 0.25) is 0 Å². The normalized spacial score (nSPS) is 10.8. The first kappa shape index (κ1) is 20.1. The monoisotopic (exact) mass is 482 g/mol. The summed E-state index contributed by atoms with van der Waals surface area (Å²) in [5, 5.41) is 12.4. The number of para-hydroxylation sites is 1. The van der Waals surface area contributed by atoms with Crippen LogP contribution in [0.2, 0.25) is 5.02 Å². The van der Waals surface area contributed by atoms with E-state index in [4.69, 9.17) is 21.1 Å². The van der Waals surface area contributed by atoms with Crippen LogP contribution in [0.25, 0.3) is 6.08 Å². The molecule has 0 fully saturated rings. The van der Waals surface area contributed by atoms with Crippen molar-refractivity contribution in [3.63, 3.8) is 0 Å². The average Bonchev–Trinajstić information content (AvgIpc) is 2.63. The van der Waals surface area contributed by atoms with Gasteiger partial charge < -0.3 is 14.8 Å². The van der Waals surface area contributed by atoms with Crippen LogP contribution in [0.15, 0.2) is 42.0 Å². The summed E-state index contributed by atoms with van der Waals surface area (Å²) < 4.78 is 11.6. The van der Waals surface area contributed by atoms with Gasteiger partial charge in [-0.2, -0.15) is 5.26 Å². The molecule has 7 heteroatoms. The fourth-order valence-corrected chi connectivity index (χ4v) is 2.97.